The Kier molecular flexibility index (Phi) is 4.20. The molecule has 1 aromatic rings. The van der Waals surface area contributed by atoms with Crippen LogP contribution in [0.2, 0.25) is 0 Å². The molecule has 0 saturated heterocycles. The molecule has 0 spiro atoms. The van der Waals surface area contributed by atoms with E-state index in [2.05, 4.69) is 23.2 Å². The van der Waals surface area contributed by atoms with Crippen LogP contribution in [0.15, 0.2) is 16.5 Å². The van der Waals surface area contributed by atoms with Gasteiger partial charge < -0.3 is 10.2 Å². The number of nitrogens with two attached hydrogens (primary N) is 1. The van der Waals surface area contributed by atoms with E-state index in [0.29, 0.717) is 18.5 Å². The number of urea groups is 1. The molecule has 0 bridgehead atoms. The first-order valence-corrected chi connectivity index (χ1v) is 7.95. The Morgan fingerprint density at radius 1 is 1.41 bits per heavy atom. The maximum absolute atomic E-state index is 11.5. The van der Waals surface area contributed by atoms with Crippen LogP contribution in [0.3, 0.4) is 0 Å². The third-order valence-electron chi connectivity index (χ3n) is 4.47. The summed E-state index contributed by atoms with van der Waals surface area (Å²) in [5.74, 6) is 3.03. The Hall–Kier alpha value is -1.82. The number of amides is 3. The van der Waals surface area contributed by atoms with Gasteiger partial charge >= 0.3 is 6.03 Å². The second kappa shape index (κ2) is 6.12. The standard InChI is InChI=1S/C16H23N3O3/c1-10-8-13(10)14-5-4-12(22-14)9-19(11-2-3-11)7-6-15(20)18-16(17)21/h4-5,10-11,13H,2-3,6-9H2,1H3,(H3,17,18,20,21)/t10-,13-/m0/s1. The third-order valence-corrected chi connectivity index (χ3v) is 4.47. The van der Waals surface area contributed by atoms with Gasteiger partial charge in [0.25, 0.3) is 0 Å². The Morgan fingerprint density at radius 3 is 2.73 bits per heavy atom. The lowest BCUT2D eigenvalue weighted by Gasteiger charge is -2.20. The van der Waals surface area contributed by atoms with Crippen LogP contribution in [-0.2, 0) is 11.3 Å². The lowest BCUT2D eigenvalue weighted by atomic mass is 10.3. The molecule has 2 aliphatic rings. The molecule has 3 amide bonds. The molecule has 3 N–H and O–H groups in total. The normalized spacial score (nSPS) is 23.5. The Bertz CT molecular complexity index is 565. The predicted octanol–water partition coefficient (Wildman–Crippen LogP) is 1.95. The van der Waals surface area contributed by atoms with Crippen LogP contribution >= 0.6 is 0 Å². The summed E-state index contributed by atoms with van der Waals surface area (Å²) in [5, 5.41) is 2.10. The van der Waals surface area contributed by atoms with Crippen LogP contribution in [0.4, 0.5) is 4.79 Å². The number of nitrogens with zero attached hydrogens (tertiary/aromatic N) is 1. The van der Waals surface area contributed by atoms with Gasteiger partial charge in [0.1, 0.15) is 11.5 Å². The van der Waals surface area contributed by atoms with Crippen molar-refractivity contribution in [1.29, 1.82) is 0 Å². The highest BCUT2D eigenvalue weighted by molar-refractivity contribution is 5.93. The van der Waals surface area contributed by atoms with E-state index in [1.807, 2.05) is 6.07 Å². The van der Waals surface area contributed by atoms with Gasteiger partial charge in [-0.15, -0.1) is 0 Å². The Morgan fingerprint density at radius 2 is 2.14 bits per heavy atom. The quantitative estimate of drug-likeness (QED) is 0.806. The lowest BCUT2D eigenvalue weighted by Crippen LogP contribution is -2.37. The highest BCUT2D eigenvalue weighted by atomic mass is 16.3. The van der Waals surface area contributed by atoms with E-state index in [4.69, 9.17) is 10.2 Å². The molecular weight excluding hydrogens is 282 g/mol. The molecule has 3 rings (SSSR count). The van der Waals surface area contributed by atoms with E-state index >= 15 is 0 Å². The zero-order valence-electron chi connectivity index (χ0n) is 12.9. The van der Waals surface area contributed by atoms with Crippen LogP contribution in [0.25, 0.3) is 0 Å². The number of hydrogen-bond acceptors (Lipinski definition) is 4. The number of furan rings is 1. The average Bonchev–Trinajstić information content (AvgIpc) is 3.36. The van der Waals surface area contributed by atoms with Crippen molar-refractivity contribution < 1.29 is 14.0 Å². The van der Waals surface area contributed by atoms with Crippen molar-refractivity contribution in [3.63, 3.8) is 0 Å². The molecule has 0 unspecified atom stereocenters. The molecule has 0 aliphatic heterocycles. The summed E-state index contributed by atoms with van der Waals surface area (Å²) in [6.07, 6.45) is 3.80. The predicted molar refractivity (Wildman–Crippen MR) is 81.0 cm³/mol. The molecule has 0 aromatic carbocycles. The van der Waals surface area contributed by atoms with Crippen LogP contribution in [0.1, 0.15) is 50.0 Å². The number of primary amides is 1. The average molecular weight is 305 g/mol. The van der Waals surface area contributed by atoms with Crippen molar-refractivity contribution in [3.05, 3.63) is 23.7 Å². The molecule has 2 fully saturated rings. The second-order valence-corrected chi connectivity index (χ2v) is 6.49. The Labute approximate surface area is 130 Å². The molecule has 1 heterocycles. The number of nitrogens with one attached hydrogen (secondary N) is 1. The van der Waals surface area contributed by atoms with Crippen molar-refractivity contribution in [2.75, 3.05) is 6.54 Å². The second-order valence-electron chi connectivity index (χ2n) is 6.49. The van der Waals surface area contributed by atoms with Gasteiger partial charge in [-0.1, -0.05) is 6.92 Å². The number of carbonyl (C=O) groups is 2. The fourth-order valence-corrected chi connectivity index (χ4v) is 2.87. The molecule has 2 aliphatic carbocycles. The van der Waals surface area contributed by atoms with E-state index in [0.717, 1.165) is 36.8 Å². The highest BCUT2D eigenvalue weighted by Gasteiger charge is 2.37. The topological polar surface area (TPSA) is 88.6 Å². The third kappa shape index (κ3) is 3.88. The molecular formula is C16H23N3O3. The smallest absolute Gasteiger partial charge is 0.318 e. The number of hydrogen-bond donors (Lipinski definition) is 2. The summed E-state index contributed by atoms with van der Waals surface area (Å²) < 4.78 is 5.94. The minimum Gasteiger partial charge on any atom is -0.464 e. The summed E-state index contributed by atoms with van der Waals surface area (Å²) in [4.78, 5) is 24.4. The van der Waals surface area contributed by atoms with Crippen molar-refractivity contribution in [3.8, 4) is 0 Å². The van der Waals surface area contributed by atoms with Crippen molar-refractivity contribution in [2.45, 2.75) is 51.1 Å². The van der Waals surface area contributed by atoms with E-state index in [9.17, 15) is 9.59 Å². The minimum absolute atomic E-state index is 0.271. The van der Waals surface area contributed by atoms with Gasteiger partial charge in [0.05, 0.1) is 6.54 Å². The van der Waals surface area contributed by atoms with Crippen molar-refractivity contribution in [1.82, 2.24) is 10.2 Å². The zero-order chi connectivity index (χ0) is 15.7. The summed E-state index contributed by atoms with van der Waals surface area (Å²) in [5.41, 5.74) is 4.94. The first kappa shape index (κ1) is 15.1. The van der Waals surface area contributed by atoms with E-state index in [1.165, 1.54) is 6.42 Å². The maximum Gasteiger partial charge on any atom is 0.318 e. The van der Waals surface area contributed by atoms with Gasteiger partial charge in [0.2, 0.25) is 5.91 Å². The van der Waals surface area contributed by atoms with Gasteiger partial charge in [-0.2, -0.15) is 0 Å². The Balaban J connectivity index is 1.52. The fourth-order valence-electron chi connectivity index (χ4n) is 2.87. The summed E-state index contributed by atoms with van der Waals surface area (Å²) in [6, 6.07) is 3.85. The highest BCUT2D eigenvalue weighted by Crippen LogP contribution is 2.47. The summed E-state index contributed by atoms with van der Waals surface area (Å²) >= 11 is 0. The van der Waals surface area contributed by atoms with E-state index in [1.54, 1.807) is 0 Å². The zero-order valence-corrected chi connectivity index (χ0v) is 12.9. The van der Waals surface area contributed by atoms with Gasteiger partial charge in [0, 0.05) is 24.9 Å². The van der Waals surface area contributed by atoms with Gasteiger partial charge in [-0.05, 0) is 37.3 Å². The van der Waals surface area contributed by atoms with Gasteiger partial charge in [-0.25, -0.2) is 4.79 Å². The lowest BCUT2D eigenvalue weighted by molar-refractivity contribution is -0.120. The number of carbonyl (C=O) groups excluding carboxylic acids is 2. The molecule has 6 heteroatoms. The van der Waals surface area contributed by atoms with Gasteiger partial charge in [-0.3, -0.25) is 15.0 Å². The van der Waals surface area contributed by atoms with Crippen molar-refractivity contribution >= 4 is 11.9 Å². The summed E-state index contributed by atoms with van der Waals surface area (Å²) in [7, 11) is 0. The molecule has 22 heavy (non-hydrogen) atoms. The van der Waals surface area contributed by atoms with Crippen LogP contribution < -0.4 is 11.1 Å². The molecule has 0 radical (unpaired) electrons. The van der Waals surface area contributed by atoms with Crippen LogP contribution in [0, 0.1) is 5.92 Å². The molecule has 2 atom stereocenters. The van der Waals surface area contributed by atoms with Gasteiger partial charge in [0.15, 0.2) is 0 Å². The fraction of sp³-hybridized carbons (Fsp3) is 0.625. The van der Waals surface area contributed by atoms with Crippen LogP contribution in [0.5, 0.6) is 0 Å². The summed E-state index contributed by atoms with van der Waals surface area (Å²) in [6.45, 7) is 3.57. The molecule has 1 aromatic heterocycles. The first-order chi connectivity index (χ1) is 10.5. The number of imide groups is 1. The molecule has 120 valence electrons. The number of rotatable bonds is 7. The van der Waals surface area contributed by atoms with Crippen LogP contribution in [-0.4, -0.2) is 29.4 Å². The monoisotopic (exact) mass is 305 g/mol. The first-order valence-electron chi connectivity index (χ1n) is 7.95. The molecule has 6 nitrogen and oxygen atoms in total. The van der Waals surface area contributed by atoms with Crippen molar-refractivity contribution in [2.24, 2.45) is 11.7 Å². The SMILES string of the molecule is C[C@H]1C[C@@H]1c1ccc(CN(CCC(=O)NC(N)=O)C2CC2)o1. The molecule has 2 saturated carbocycles. The maximum atomic E-state index is 11.5. The largest absolute Gasteiger partial charge is 0.464 e. The van der Waals surface area contributed by atoms with E-state index < -0.39 is 6.03 Å². The van der Waals surface area contributed by atoms with E-state index in [-0.39, 0.29) is 12.3 Å². The minimum atomic E-state index is -0.794.